The zero-order valence-electron chi connectivity index (χ0n) is 15.5. The van der Waals surface area contributed by atoms with Gasteiger partial charge >= 0.3 is 0 Å². The van der Waals surface area contributed by atoms with E-state index in [2.05, 4.69) is 20.8 Å². The molecule has 0 unspecified atom stereocenters. The molecule has 0 aromatic rings. The molecule has 0 fully saturated rings. The Morgan fingerprint density at radius 1 is 0.727 bits per heavy atom. The van der Waals surface area contributed by atoms with Crippen molar-refractivity contribution in [3.63, 3.8) is 0 Å². The third kappa shape index (κ3) is 14.5. The van der Waals surface area contributed by atoms with Gasteiger partial charge in [0.25, 0.3) is 0 Å². The van der Waals surface area contributed by atoms with Crippen LogP contribution in [0, 0.1) is 10.8 Å². The van der Waals surface area contributed by atoms with Crippen LogP contribution in [-0.2, 0) is 19.0 Å². The number of carbonyl (C=O) groups excluding carboxylic acids is 1. The second kappa shape index (κ2) is 11.1. The smallest absolute Gasteiger partial charge is 0.140 e. The minimum absolute atomic E-state index is 0.233. The van der Waals surface area contributed by atoms with Crippen molar-refractivity contribution >= 4 is 5.78 Å². The van der Waals surface area contributed by atoms with Crippen molar-refractivity contribution in [3.05, 3.63) is 0 Å². The number of carbonyl (C=O) groups is 1. The first-order chi connectivity index (χ1) is 10.1. The molecular formula is C18H36O4. The number of hydrogen-bond acceptors (Lipinski definition) is 4. The van der Waals surface area contributed by atoms with Crippen molar-refractivity contribution in [1.29, 1.82) is 0 Å². The van der Waals surface area contributed by atoms with Crippen LogP contribution in [0.3, 0.4) is 0 Å². The van der Waals surface area contributed by atoms with E-state index in [1.807, 2.05) is 20.8 Å². The van der Waals surface area contributed by atoms with Crippen molar-refractivity contribution in [2.45, 2.75) is 60.8 Å². The van der Waals surface area contributed by atoms with E-state index in [0.717, 1.165) is 13.0 Å². The summed E-state index contributed by atoms with van der Waals surface area (Å²) in [6, 6.07) is 0. The Morgan fingerprint density at radius 3 is 1.64 bits per heavy atom. The lowest BCUT2D eigenvalue weighted by Gasteiger charge is -2.17. The van der Waals surface area contributed by atoms with Gasteiger partial charge in [0.15, 0.2) is 0 Å². The maximum atomic E-state index is 11.7. The van der Waals surface area contributed by atoms with Crippen LogP contribution >= 0.6 is 0 Å². The molecule has 0 radical (unpaired) electrons. The Hall–Kier alpha value is -0.450. The van der Waals surface area contributed by atoms with Gasteiger partial charge in [0.1, 0.15) is 5.78 Å². The summed E-state index contributed by atoms with van der Waals surface area (Å²) in [5.41, 5.74) is 0.107. The lowest BCUT2D eigenvalue weighted by molar-refractivity contribution is -0.127. The summed E-state index contributed by atoms with van der Waals surface area (Å²) >= 11 is 0. The van der Waals surface area contributed by atoms with Gasteiger partial charge < -0.3 is 14.2 Å². The van der Waals surface area contributed by atoms with Gasteiger partial charge in [0, 0.05) is 18.4 Å². The molecule has 0 heterocycles. The molecule has 4 heteroatoms. The average Bonchev–Trinajstić information content (AvgIpc) is 2.37. The second-order valence-corrected chi connectivity index (χ2v) is 7.92. The highest BCUT2D eigenvalue weighted by atomic mass is 16.5. The monoisotopic (exact) mass is 316 g/mol. The van der Waals surface area contributed by atoms with Gasteiger partial charge in [-0.15, -0.1) is 0 Å². The van der Waals surface area contributed by atoms with E-state index in [1.165, 1.54) is 6.42 Å². The number of Topliss-reactive ketones (excluding diaryl/α,β-unsaturated/α-hetero) is 1. The molecule has 0 atom stereocenters. The highest BCUT2D eigenvalue weighted by molar-refractivity contribution is 5.83. The molecule has 0 amide bonds. The molecule has 0 aromatic carbocycles. The summed E-state index contributed by atoms with van der Waals surface area (Å²) in [7, 11) is 0. The summed E-state index contributed by atoms with van der Waals surface area (Å²) < 4.78 is 16.3. The van der Waals surface area contributed by atoms with Crippen molar-refractivity contribution in [2.75, 3.05) is 39.6 Å². The summed E-state index contributed by atoms with van der Waals surface area (Å²) in [5, 5.41) is 0. The SMILES string of the molecule is CC(C)(C)CCCOCCOCCOCCC(=O)C(C)(C)C. The molecule has 0 saturated carbocycles. The van der Waals surface area contributed by atoms with Crippen molar-refractivity contribution < 1.29 is 19.0 Å². The fourth-order valence-corrected chi connectivity index (χ4v) is 1.79. The Balaban J connectivity index is 3.23. The molecule has 0 rings (SSSR count). The van der Waals surface area contributed by atoms with Crippen LogP contribution in [-0.4, -0.2) is 45.4 Å². The second-order valence-electron chi connectivity index (χ2n) is 7.92. The highest BCUT2D eigenvalue weighted by Crippen LogP contribution is 2.20. The zero-order chi connectivity index (χ0) is 17.1. The fourth-order valence-electron chi connectivity index (χ4n) is 1.79. The molecular weight excluding hydrogens is 280 g/mol. The quantitative estimate of drug-likeness (QED) is 0.513. The molecule has 0 N–H and O–H groups in total. The van der Waals surface area contributed by atoms with Gasteiger partial charge in [0.2, 0.25) is 0 Å². The molecule has 0 aliphatic heterocycles. The topological polar surface area (TPSA) is 44.8 Å². The van der Waals surface area contributed by atoms with E-state index >= 15 is 0 Å². The van der Waals surface area contributed by atoms with Gasteiger partial charge in [-0.05, 0) is 18.3 Å². The van der Waals surface area contributed by atoms with E-state index in [0.29, 0.717) is 44.9 Å². The van der Waals surface area contributed by atoms with Gasteiger partial charge in [-0.3, -0.25) is 4.79 Å². The molecule has 0 saturated heterocycles. The van der Waals surface area contributed by atoms with E-state index in [4.69, 9.17) is 14.2 Å². The molecule has 0 bridgehead atoms. The van der Waals surface area contributed by atoms with E-state index in [1.54, 1.807) is 0 Å². The van der Waals surface area contributed by atoms with Crippen LogP contribution in [0.25, 0.3) is 0 Å². The minimum Gasteiger partial charge on any atom is -0.379 e. The molecule has 22 heavy (non-hydrogen) atoms. The van der Waals surface area contributed by atoms with Crippen LogP contribution < -0.4 is 0 Å². The lowest BCUT2D eigenvalue weighted by atomic mass is 9.89. The Labute approximate surface area is 136 Å². The molecule has 4 nitrogen and oxygen atoms in total. The van der Waals surface area contributed by atoms with Crippen LogP contribution in [0.4, 0.5) is 0 Å². The first kappa shape index (κ1) is 21.6. The Kier molecular flexibility index (Phi) is 10.9. The molecule has 132 valence electrons. The normalized spacial score (nSPS) is 12.6. The first-order valence-electron chi connectivity index (χ1n) is 8.39. The van der Waals surface area contributed by atoms with E-state index in [9.17, 15) is 4.79 Å². The molecule has 0 aromatic heterocycles. The molecule has 0 spiro atoms. The Morgan fingerprint density at radius 2 is 1.18 bits per heavy atom. The third-order valence-electron chi connectivity index (χ3n) is 3.27. The first-order valence-corrected chi connectivity index (χ1v) is 8.39. The lowest BCUT2D eigenvalue weighted by Crippen LogP contribution is -2.21. The minimum atomic E-state index is -0.274. The van der Waals surface area contributed by atoms with Crippen molar-refractivity contribution in [2.24, 2.45) is 10.8 Å². The average molecular weight is 316 g/mol. The van der Waals surface area contributed by atoms with Crippen molar-refractivity contribution in [3.8, 4) is 0 Å². The third-order valence-corrected chi connectivity index (χ3v) is 3.27. The highest BCUT2D eigenvalue weighted by Gasteiger charge is 2.20. The summed E-state index contributed by atoms with van der Waals surface area (Å²) in [4.78, 5) is 11.7. The molecule has 0 aliphatic rings. The maximum Gasteiger partial charge on any atom is 0.140 e. The number of rotatable bonds is 12. The predicted molar refractivity (Wildman–Crippen MR) is 90.2 cm³/mol. The van der Waals surface area contributed by atoms with Crippen molar-refractivity contribution in [1.82, 2.24) is 0 Å². The van der Waals surface area contributed by atoms with Gasteiger partial charge in [0.05, 0.1) is 33.0 Å². The number of hydrogen-bond donors (Lipinski definition) is 0. The van der Waals surface area contributed by atoms with E-state index < -0.39 is 0 Å². The summed E-state index contributed by atoms with van der Waals surface area (Å²) in [6.07, 6.45) is 2.74. The largest absolute Gasteiger partial charge is 0.379 e. The number of ketones is 1. The zero-order valence-corrected chi connectivity index (χ0v) is 15.5. The fraction of sp³-hybridized carbons (Fsp3) is 0.944. The van der Waals surface area contributed by atoms with E-state index in [-0.39, 0.29) is 11.2 Å². The van der Waals surface area contributed by atoms with Crippen LogP contribution in [0.15, 0.2) is 0 Å². The van der Waals surface area contributed by atoms with Gasteiger partial charge in [-0.1, -0.05) is 41.5 Å². The Bertz CT molecular complexity index is 286. The van der Waals surface area contributed by atoms with Gasteiger partial charge in [-0.25, -0.2) is 0 Å². The van der Waals surface area contributed by atoms with Crippen LogP contribution in [0.1, 0.15) is 60.8 Å². The summed E-state index contributed by atoms with van der Waals surface area (Å²) in [5.74, 6) is 0.233. The summed E-state index contributed by atoms with van der Waals surface area (Å²) in [6.45, 7) is 16.1. The standard InChI is InChI=1S/C18H36O4/c1-17(2,3)9-7-10-20-12-14-22-15-13-21-11-8-16(19)18(4,5)6/h7-15H2,1-6H3. The van der Waals surface area contributed by atoms with Crippen LogP contribution in [0.5, 0.6) is 0 Å². The molecule has 0 aliphatic carbocycles. The number of ether oxygens (including phenoxy) is 3. The maximum absolute atomic E-state index is 11.7. The predicted octanol–water partition coefficient (Wildman–Crippen LogP) is 3.87. The van der Waals surface area contributed by atoms with Crippen LogP contribution in [0.2, 0.25) is 0 Å². The van der Waals surface area contributed by atoms with Gasteiger partial charge in [-0.2, -0.15) is 0 Å².